The van der Waals surface area contributed by atoms with E-state index >= 15 is 0 Å². The van der Waals surface area contributed by atoms with Crippen molar-refractivity contribution in [3.05, 3.63) is 68.8 Å². The Hall–Kier alpha value is -1.95. The molecule has 122 valence electrons. The summed E-state index contributed by atoms with van der Waals surface area (Å²) >= 11 is 15.2. The van der Waals surface area contributed by atoms with Crippen molar-refractivity contribution in [2.45, 2.75) is 0 Å². The van der Waals surface area contributed by atoms with Crippen LogP contribution in [0.2, 0.25) is 10.0 Å². The summed E-state index contributed by atoms with van der Waals surface area (Å²) in [6.07, 6.45) is 0. The number of hydrogen-bond acceptors (Lipinski definition) is 3. The number of carbonyl (C=O) groups is 1. The molecule has 0 atom stereocenters. The first kappa shape index (κ1) is 16.9. The number of anilines is 2. The van der Waals surface area contributed by atoms with Crippen LogP contribution in [0.25, 0.3) is 11.3 Å². The average Bonchev–Trinajstić information content (AvgIpc) is 3.00. The van der Waals surface area contributed by atoms with E-state index in [2.05, 4.69) is 21.2 Å². The molecule has 0 unspecified atom stereocenters. The topological polar surface area (TPSA) is 68.3 Å². The SMILES string of the molecule is Nc1cc(Cl)ccc1NC(=O)c1ccc(-c2ccc(Cl)cc2Br)o1. The monoisotopic (exact) mass is 424 g/mol. The Kier molecular flexibility index (Phi) is 4.85. The molecule has 0 saturated heterocycles. The van der Waals surface area contributed by atoms with Crippen LogP contribution in [-0.2, 0) is 0 Å². The van der Waals surface area contributed by atoms with Crippen LogP contribution >= 0.6 is 39.1 Å². The summed E-state index contributed by atoms with van der Waals surface area (Å²) in [7, 11) is 0. The van der Waals surface area contributed by atoms with Crippen LogP contribution in [0, 0.1) is 0 Å². The molecule has 0 aliphatic heterocycles. The van der Waals surface area contributed by atoms with Crippen LogP contribution in [0.3, 0.4) is 0 Å². The van der Waals surface area contributed by atoms with Crippen molar-refractivity contribution < 1.29 is 9.21 Å². The molecule has 3 rings (SSSR count). The molecule has 3 N–H and O–H groups in total. The summed E-state index contributed by atoms with van der Waals surface area (Å²) < 4.78 is 6.41. The normalized spacial score (nSPS) is 10.6. The fraction of sp³-hybridized carbons (Fsp3) is 0. The van der Waals surface area contributed by atoms with Gasteiger partial charge in [0, 0.05) is 20.1 Å². The van der Waals surface area contributed by atoms with Crippen LogP contribution in [0.4, 0.5) is 11.4 Å². The van der Waals surface area contributed by atoms with E-state index < -0.39 is 5.91 Å². The van der Waals surface area contributed by atoms with Crippen molar-refractivity contribution in [1.82, 2.24) is 0 Å². The molecule has 4 nitrogen and oxygen atoms in total. The Labute approximate surface area is 156 Å². The van der Waals surface area contributed by atoms with Gasteiger partial charge >= 0.3 is 0 Å². The zero-order valence-corrected chi connectivity index (χ0v) is 15.2. The van der Waals surface area contributed by atoms with Gasteiger partial charge < -0.3 is 15.5 Å². The van der Waals surface area contributed by atoms with Crippen molar-refractivity contribution in [2.24, 2.45) is 0 Å². The minimum atomic E-state index is -0.402. The summed E-state index contributed by atoms with van der Waals surface area (Å²) in [6, 6.07) is 13.5. The van der Waals surface area contributed by atoms with Gasteiger partial charge in [-0.25, -0.2) is 0 Å². The number of hydrogen-bond donors (Lipinski definition) is 2. The van der Waals surface area contributed by atoms with Gasteiger partial charge in [-0.2, -0.15) is 0 Å². The summed E-state index contributed by atoms with van der Waals surface area (Å²) in [5, 5.41) is 3.80. The number of amides is 1. The molecule has 0 aliphatic rings. The molecular formula is C17H11BrCl2N2O2. The Bertz CT molecular complexity index is 925. The van der Waals surface area contributed by atoms with Crippen LogP contribution < -0.4 is 11.1 Å². The lowest BCUT2D eigenvalue weighted by Gasteiger charge is -2.07. The van der Waals surface area contributed by atoms with E-state index in [1.54, 1.807) is 42.5 Å². The lowest BCUT2D eigenvalue weighted by Crippen LogP contribution is -2.12. The summed E-state index contributed by atoms with van der Waals surface area (Å²) in [6.45, 7) is 0. The summed E-state index contributed by atoms with van der Waals surface area (Å²) in [4.78, 5) is 12.3. The molecule has 24 heavy (non-hydrogen) atoms. The van der Waals surface area contributed by atoms with Gasteiger partial charge in [-0.15, -0.1) is 0 Å². The third-order valence-corrected chi connectivity index (χ3v) is 4.41. The molecule has 2 aromatic carbocycles. The minimum Gasteiger partial charge on any atom is -0.451 e. The van der Waals surface area contributed by atoms with E-state index in [1.807, 2.05) is 6.07 Å². The Balaban J connectivity index is 1.83. The van der Waals surface area contributed by atoms with Crippen molar-refractivity contribution >= 4 is 56.4 Å². The molecule has 3 aromatic rings. The third kappa shape index (κ3) is 3.59. The number of halogens is 3. The highest BCUT2D eigenvalue weighted by molar-refractivity contribution is 9.10. The van der Waals surface area contributed by atoms with E-state index in [1.165, 1.54) is 0 Å². The predicted molar refractivity (Wildman–Crippen MR) is 101 cm³/mol. The standard InChI is InChI=1S/C17H11BrCl2N2O2/c18-12-7-9(19)1-3-11(12)15-5-6-16(24-15)17(23)22-14-4-2-10(20)8-13(14)21/h1-8H,21H2,(H,22,23). The molecular weight excluding hydrogens is 415 g/mol. The smallest absolute Gasteiger partial charge is 0.291 e. The van der Waals surface area contributed by atoms with E-state index in [9.17, 15) is 4.79 Å². The number of nitrogen functional groups attached to an aromatic ring is 1. The number of benzene rings is 2. The number of nitrogens with two attached hydrogens (primary N) is 1. The van der Waals surface area contributed by atoms with Gasteiger partial charge in [-0.3, -0.25) is 4.79 Å². The molecule has 0 spiro atoms. The number of rotatable bonds is 3. The predicted octanol–water partition coefficient (Wildman–Crippen LogP) is 5.85. The van der Waals surface area contributed by atoms with Gasteiger partial charge in [-0.1, -0.05) is 23.2 Å². The van der Waals surface area contributed by atoms with E-state index in [4.69, 9.17) is 33.4 Å². The molecule has 7 heteroatoms. The maximum atomic E-state index is 12.3. The molecule has 0 aliphatic carbocycles. The first-order chi connectivity index (χ1) is 11.4. The lowest BCUT2D eigenvalue weighted by molar-refractivity contribution is 0.0997. The van der Waals surface area contributed by atoms with Gasteiger partial charge in [-0.05, 0) is 64.5 Å². The number of furan rings is 1. The third-order valence-electron chi connectivity index (χ3n) is 3.29. The second-order valence-corrected chi connectivity index (χ2v) is 6.70. The molecule has 0 saturated carbocycles. The first-order valence-corrected chi connectivity index (χ1v) is 8.40. The van der Waals surface area contributed by atoms with Crippen LogP contribution in [0.15, 0.2) is 57.4 Å². The molecule has 0 fully saturated rings. The average molecular weight is 426 g/mol. The molecule has 1 heterocycles. The highest BCUT2D eigenvalue weighted by Gasteiger charge is 2.15. The fourth-order valence-electron chi connectivity index (χ4n) is 2.13. The highest BCUT2D eigenvalue weighted by atomic mass is 79.9. The highest BCUT2D eigenvalue weighted by Crippen LogP contribution is 2.32. The molecule has 1 amide bonds. The van der Waals surface area contributed by atoms with Crippen molar-refractivity contribution in [1.29, 1.82) is 0 Å². The van der Waals surface area contributed by atoms with E-state index in [-0.39, 0.29) is 5.76 Å². The Morgan fingerprint density at radius 1 is 1.04 bits per heavy atom. The maximum absolute atomic E-state index is 12.3. The van der Waals surface area contributed by atoms with Crippen molar-refractivity contribution in [3.8, 4) is 11.3 Å². The quantitative estimate of drug-likeness (QED) is 0.517. The van der Waals surface area contributed by atoms with Crippen LogP contribution in [0.5, 0.6) is 0 Å². The zero-order chi connectivity index (χ0) is 17.3. The molecule has 0 radical (unpaired) electrons. The van der Waals surface area contributed by atoms with Crippen molar-refractivity contribution in [2.75, 3.05) is 11.1 Å². The van der Waals surface area contributed by atoms with Gasteiger partial charge in [0.15, 0.2) is 5.76 Å². The first-order valence-electron chi connectivity index (χ1n) is 6.85. The molecule has 1 aromatic heterocycles. The maximum Gasteiger partial charge on any atom is 0.291 e. The van der Waals surface area contributed by atoms with Gasteiger partial charge in [0.05, 0.1) is 11.4 Å². The van der Waals surface area contributed by atoms with Gasteiger partial charge in [0.25, 0.3) is 5.91 Å². The second kappa shape index (κ2) is 6.89. The number of carbonyl (C=O) groups excluding carboxylic acids is 1. The van der Waals surface area contributed by atoms with Gasteiger partial charge in [0.1, 0.15) is 5.76 Å². The number of nitrogens with one attached hydrogen (secondary N) is 1. The van der Waals surface area contributed by atoms with Crippen molar-refractivity contribution in [3.63, 3.8) is 0 Å². The lowest BCUT2D eigenvalue weighted by atomic mass is 10.2. The summed E-state index contributed by atoms with van der Waals surface area (Å²) in [5.41, 5.74) is 7.47. The Morgan fingerprint density at radius 3 is 2.46 bits per heavy atom. The minimum absolute atomic E-state index is 0.168. The van der Waals surface area contributed by atoms with Crippen LogP contribution in [-0.4, -0.2) is 5.91 Å². The van der Waals surface area contributed by atoms with E-state index in [0.29, 0.717) is 27.2 Å². The second-order valence-electron chi connectivity index (χ2n) is 4.97. The fourth-order valence-corrected chi connectivity index (χ4v) is 3.18. The Morgan fingerprint density at radius 2 is 1.75 bits per heavy atom. The zero-order valence-electron chi connectivity index (χ0n) is 12.1. The van der Waals surface area contributed by atoms with Gasteiger partial charge in [0.2, 0.25) is 0 Å². The summed E-state index contributed by atoms with van der Waals surface area (Å²) in [5.74, 6) is 0.314. The largest absolute Gasteiger partial charge is 0.451 e. The van der Waals surface area contributed by atoms with Crippen LogP contribution in [0.1, 0.15) is 10.6 Å². The molecule has 0 bridgehead atoms. The van der Waals surface area contributed by atoms with E-state index in [0.717, 1.165) is 10.0 Å².